The van der Waals surface area contributed by atoms with E-state index in [-0.39, 0.29) is 36.5 Å². The average Bonchev–Trinajstić information content (AvgIpc) is 3.38. The van der Waals surface area contributed by atoms with Crippen LogP contribution in [0.25, 0.3) is 0 Å². The van der Waals surface area contributed by atoms with E-state index in [1.807, 2.05) is 37.3 Å². The molecule has 2 heterocycles. The Morgan fingerprint density at radius 3 is 2.62 bits per heavy atom. The van der Waals surface area contributed by atoms with Crippen molar-refractivity contribution in [3.8, 4) is 5.75 Å². The highest BCUT2D eigenvalue weighted by atomic mass is 16.5. The number of anilines is 1. The van der Waals surface area contributed by atoms with Crippen molar-refractivity contribution >= 4 is 23.5 Å². The summed E-state index contributed by atoms with van der Waals surface area (Å²) in [7, 11) is 1.51. The molecule has 1 aliphatic rings. The summed E-state index contributed by atoms with van der Waals surface area (Å²) < 4.78 is 10.4. The molecule has 2 aromatic carbocycles. The van der Waals surface area contributed by atoms with Crippen LogP contribution in [0.3, 0.4) is 0 Å². The second-order valence-electron chi connectivity index (χ2n) is 7.87. The predicted octanol–water partition coefficient (Wildman–Crippen LogP) is 3.01. The van der Waals surface area contributed by atoms with Crippen LogP contribution in [0.2, 0.25) is 0 Å². The first-order valence-corrected chi connectivity index (χ1v) is 10.9. The first-order valence-electron chi connectivity index (χ1n) is 10.9. The van der Waals surface area contributed by atoms with Crippen molar-refractivity contribution < 1.29 is 23.6 Å². The number of rotatable bonds is 9. The maximum Gasteiger partial charge on any atom is 0.325 e. The van der Waals surface area contributed by atoms with Gasteiger partial charge in [0.1, 0.15) is 17.8 Å². The fourth-order valence-corrected chi connectivity index (χ4v) is 4.02. The van der Waals surface area contributed by atoms with E-state index in [0.717, 1.165) is 10.5 Å². The summed E-state index contributed by atoms with van der Waals surface area (Å²) in [6.45, 7) is 1.76. The Hall–Kier alpha value is -4.21. The molecular weight excluding hydrogens is 438 g/mol. The fraction of sp³-hybridized carbons (Fsp3) is 0.292. The van der Waals surface area contributed by atoms with Crippen molar-refractivity contribution in [2.75, 3.05) is 12.4 Å². The molecule has 10 nitrogen and oxygen atoms in total. The van der Waals surface area contributed by atoms with Crippen LogP contribution < -0.4 is 15.4 Å². The van der Waals surface area contributed by atoms with E-state index in [0.29, 0.717) is 24.3 Å². The van der Waals surface area contributed by atoms with E-state index in [1.54, 1.807) is 24.3 Å². The van der Waals surface area contributed by atoms with Crippen LogP contribution in [0.1, 0.15) is 37.0 Å². The molecule has 176 valence electrons. The van der Waals surface area contributed by atoms with Crippen molar-refractivity contribution in [2.24, 2.45) is 0 Å². The molecule has 1 aliphatic heterocycles. The minimum atomic E-state index is -1.13. The Morgan fingerprint density at radius 2 is 1.88 bits per heavy atom. The highest BCUT2D eigenvalue weighted by molar-refractivity contribution is 6.07. The molecule has 0 aliphatic carbocycles. The van der Waals surface area contributed by atoms with Gasteiger partial charge in [0.15, 0.2) is 5.82 Å². The number of hydrogen-bond acceptors (Lipinski definition) is 7. The number of para-hydroxylation sites is 2. The molecule has 1 saturated heterocycles. The van der Waals surface area contributed by atoms with Gasteiger partial charge in [-0.05, 0) is 24.1 Å². The summed E-state index contributed by atoms with van der Waals surface area (Å²) in [5.41, 5.74) is 0.105. The third-order valence-electron chi connectivity index (χ3n) is 5.57. The van der Waals surface area contributed by atoms with E-state index < -0.39 is 11.6 Å². The molecule has 1 aromatic heterocycles. The van der Waals surface area contributed by atoms with Gasteiger partial charge in [0.2, 0.25) is 11.8 Å². The number of urea groups is 1. The second kappa shape index (κ2) is 9.74. The molecule has 3 aromatic rings. The zero-order valence-electron chi connectivity index (χ0n) is 18.9. The summed E-state index contributed by atoms with van der Waals surface area (Å²) in [6.07, 6.45) is 1.00. The molecule has 10 heteroatoms. The van der Waals surface area contributed by atoms with E-state index in [9.17, 15) is 14.4 Å². The maximum absolute atomic E-state index is 13.4. The molecule has 0 saturated carbocycles. The number of imide groups is 1. The Morgan fingerprint density at radius 1 is 1.15 bits per heavy atom. The van der Waals surface area contributed by atoms with Crippen molar-refractivity contribution in [1.82, 2.24) is 20.4 Å². The standard InChI is InChI=1S/C24H25N5O5/c1-3-13-24(16-9-5-4-6-10-16)22(31)29(23(32)27-24)15-21-26-19(28-34-21)14-20(30)25-17-11-7-8-12-18(17)33-2/h4-12H,3,13-15H2,1-2H3,(H,25,30)(H,27,32). The van der Waals surface area contributed by atoms with Gasteiger partial charge >= 0.3 is 6.03 Å². The van der Waals surface area contributed by atoms with Crippen molar-refractivity contribution in [2.45, 2.75) is 38.3 Å². The number of amides is 4. The lowest BCUT2D eigenvalue weighted by molar-refractivity contribution is -0.132. The lowest BCUT2D eigenvalue weighted by Gasteiger charge is -2.26. The maximum atomic E-state index is 13.4. The number of ether oxygens (including phenoxy) is 1. The molecule has 0 radical (unpaired) electrons. The number of carbonyl (C=O) groups excluding carboxylic acids is 3. The van der Waals surface area contributed by atoms with Crippen LogP contribution in [0.4, 0.5) is 10.5 Å². The zero-order valence-corrected chi connectivity index (χ0v) is 18.9. The third kappa shape index (κ3) is 4.47. The SMILES string of the molecule is CCCC1(c2ccccc2)NC(=O)N(Cc2nc(CC(=O)Nc3ccccc3OC)no2)C1=O. The van der Waals surface area contributed by atoms with Crippen LogP contribution in [0.5, 0.6) is 5.75 Å². The lowest BCUT2D eigenvalue weighted by atomic mass is 9.85. The minimum absolute atomic E-state index is 0.0592. The Kier molecular flexibility index (Phi) is 6.58. The number of hydrogen-bond donors (Lipinski definition) is 2. The van der Waals surface area contributed by atoms with Gasteiger partial charge in [-0.3, -0.25) is 14.5 Å². The molecular formula is C24H25N5O5. The summed E-state index contributed by atoms with van der Waals surface area (Å²) in [6, 6.07) is 15.6. The van der Waals surface area contributed by atoms with Crippen LogP contribution >= 0.6 is 0 Å². The molecule has 1 unspecified atom stereocenters. The number of nitrogens with one attached hydrogen (secondary N) is 2. The van der Waals surface area contributed by atoms with Gasteiger partial charge in [-0.1, -0.05) is 61.0 Å². The average molecular weight is 463 g/mol. The molecule has 0 bridgehead atoms. The highest BCUT2D eigenvalue weighted by Crippen LogP contribution is 2.34. The summed E-state index contributed by atoms with van der Waals surface area (Å²) in [4.78, 5) is 43.7. The quantitative estimate of drug-likeness (QED) is 0.467. The van der Waals surface area contributed by atoms with Crippen molar-refractivity contribution in [3.05, 3.63) is 71.9 Å². The molecule has 0 spiro atoms. The largest absolute Gasteiger partial charge is 0.495 e. The van der Waals surface area contributed by atoms with Gasteiger partial charge in [0, 0.05) is 0 Å². The van der Waals surface area contributed by atoms with Gasteiger partial charge in [0.05, 0.1) is 19.2 Å². The van der Waals surface area contributed by atoms with Crippen LogP contribution in [0, 0.1) is 0 Å². The predicted molar refractivity (Wildman–Crippen MR) is 122 cm³/mol. The molecule has 4 rings (SSSR count). The zero-order chi connectivity index (χ0) is 24.1. The van der Waals surface area contributed by atoms with Crippen molar-refractivity contribution in [1.29, 1.82) is 0 Å². The molecule has 4 amide bonds. The lowest BCUT2D eigenvalue weighted by Crippen LogP contribution is -2.43. The van der Waals surface area contributed by atoms with Crippen LogP contribution in [-0.4, -0.2) is 40.0 Å². The first-order chi connectivity index (χ1) is 16.5. The molecule has 1 fully saturated rings. The van der Waals surface area contributed by atoms with E-state index in [4.69, 9.17) is 9.26 Å². The van der Waals surface area contributed by atoms with Gasteiger partial charge < -0.3 is 19.9 Å². The number of aromatic nitrogens is 2. The number of nitrogens with zero attached hydrogens (tertiary/aromatic N) is 3. The Bertz CT molecular complexity index is 1200. The second-order valence-corrected chi connectivity index (χ2v) is 7.87. The van der Waals surface area contributed by atoms with E-state index >= 15 is 0 Å². The van der Waals surface area contributed by atoms with Crippen LogP contribution in [0.15, 0.2) is 59.1 Å². The number of carbonyl (C=O) groups is 3. The fourth-order valence-electron chi connectivity index (χ4n) is 4.02. The Balaban J connectivity index is 1.45. The number of methoxy groups -OCH3 is 1. The third-order valence-corrected chi connectivity index (χ3v) is 5.57. The van der Waals surface area contributed by atoms with Gasteiger partial charge in [0.25, 0.3) is 5.91 Å². The van der Waals surface area contributed by atoms with Gasteiger partial charge in [-0.15, -0.1) is 0 Å². The smallest absolute Gasteiger partial charge is 0.325 e. The van der Waals surface area contributed by atoms with Gasteiger partial charge in [-0.2, -0.15) is 4.98 Å². The summed E-state index contributed by atoms with van der Waals surface area (Å²) >= 11 is 0. The molecule has 34 heavy (non-hydrogen) atoms. The summed E-state index contributed by atoms with van der Waals surface area (Å²) in [5, 5.41) is 9.40. The van der Waals surface area contributed by atoms with Crippen molar-refractivity contribution in [3.63, 3.8) is 0 Å². The topological polar surface area (TPSA) is 127 Å². The molecule has 2 N–H and O–H groups in total. The Labute approximate surface area is 196 Å². The monoisotopic (exact) mass is 463 g/mol. The van der Waals surface area contributed by atoms with E-state index in [1.165, 1.54) is 7.11 Å². The number of benzene rings is 2. The minimum Gasteiger partial charge on any atom is -0.495 e. The van der Waals surface area contributed by atoms with Crippen LogP contribution in [-0.2, 0) is 28.1 Å². The summed E-state index contributed by atoms with van der Waals surface area (Å²) in [5.74, 6) is -0.0180. The highest BCUT2D eigenvalue weighted by Gasteiger charge is 2.52. The normalized spacial score (nSPS) is 17.5. The van der Waals surface area contributed by atoms with Gasteiger partial charge in [-0.25, -0.2) is 4.79 Å². The first kappa shape index (κ1) is 23.0. The molecule has 1 atom stereocenters. The van der Waals surface area contributed by atoms with E-state index in [2.05, 4.69) is 20.8 Å².